The van der Waals surface area contributed by atoms with E-state index in [0.29, 0.717) is 0 Å². The Morgan fingerprint density at radius 1 is 1.31 bits per heavy atom. The molecule has 0 fully saturated rings. The summed E-state index contributed by atoms with van der Waals surface area (Å²) < 4.78 is 0. The predicted octanol–water partition coefficient (Wildman–Crippen LogP) is 1.92. The highest BCUT2D eigenvalue weighted by Gasteiger charge is 2.01. The Morgan fingerprint density at radius 3 is 2.69 bits per heavy atom. The highest BCUT2D eigenvalue weighted by Crippen LogP contribution is 2.17. The molecule has 0 aromatic carbocycles. The summed E-state index contributed by atoms with van der Waals surface area (Å²) in [6.45, 7) is 0.980. The van der Waals surface area contributed by atoms with E-state index in [-0.39, 0.29) is 0 Å². The van der Waals surface area contributed by atoms with Gasteiger partial charge in [0.05, 0.1) is 0 Å². The largest absolute Gasteiger partial charge is 0.377 e. The minimum atomic E-state index is 0.980. The van der Waals surface area contributed by atoms with Gasteiger partial charge in [-0.25, -0.2) is 0 Å². The molecule has 1 aromatic rings. The fraction of sp³-hybridized carbons (Fsp3) is 0.182. The van der Waals surface area contributed by atoms with Gasteiger partial charge in [-0.15, -0.1) is 0 Å². The zero-order valence-electron chi connectivity index (χ0n) is 7.64. The molecule has 0 saturated carbocycles. The minimum absolute atomic E-state index is 0.980. The first kappa shape index (κ1) is 8.05. The lowest BCUT2D eigenvalue weighted by Gasteiger charge is -2.16. The molecule has 0 saturated heterocycles. The van der Waals surface area contributed by atoms with Crippen LogP contribution in [-0.2, 0) is 0 Å². The average molecular weight is 172 g/mol. The second-order valence-electron chi connectivity index (χ2n) is 3.15. The third-order valence-electron chi connectivity index (χ3n) is 2.12. The first-order chi connectivity index (χ1) is 6.36. The van der Waals surface area contributed by atoms with Gasteiger partial charge >= 0.3 is 0 Å². The molecule has 2 heteroatoms. The third kappa shape index (κ3) is 1.78. The van der Waals surface area contributed by atoms with Gasteiger partial charge in [0.1, 0.15) is 0 Å². The van der Waals surface area contributed by atoms with Gasteiger partial charge < -0.3 is 4.90 Å². The van der Waals surface area contributed by atoms with Crippen LogP contribution in [-0.4, -0.2) is 23.5 Å². The highest BCUT2D eigenvalue weighted by molar-refractivity contribution is 5.74. The van der Waals surface area contributed by atoms with E-state index in [0.717, 1.165) is 6.54 Å². The van der Waals surface area contributed by atoms with E-state index >= 15 is 0 Å². The molecule has 2 nitrogen and oxygen atoms in total. The maximum atomic E-state index is 3.99. The number of hydrogen-bond donors (Lipinski definition) is 0. The van der Waals surface area contributed by atoms with Gasteiger partial charge in [0.25, 0.3) is 0 Å². The molecule has 0 spiro atoms. The lowest BCUT2D eigenvalue weighted by molar-refractivity contribution is 0.506. The zero-order chi connectivity index (χ0) is 9.10. The van der Waals surface area contributed by atoms with Crippen LogP contribution in [0, 0.1) is 0 Å². The standard InChI is InChI=1S/C11H12N2/c1-13-8-4-11(5-9-13)10-2-6-12-7-3-10/h2-8H,9H2,1H3. The van der Waals surface area contributed by atoms with Gasteiger partial charge in [-0.05, 0) is 35.5 Å². The summed E-state index contributed by atoms with van der Waals surface area (Å²) >= 11 is 0. The quantitative estimate of drug-likeness (QED) is 0.643. The summed E-state index contributed by atoms with van der Waals surface area (Å²) in [6, 6.07) is 4.06. The fourth-order valence-corrected chi connectivity index (χ4v) is 1.34. The van der Waals surface area contributed by atoms with Crippen LogP contribution >= 0.6 is 0 Å². The van der Waals surface area contributed by atoms with Crippen LogP contribution in [0.4, 0.5) is 0 Å². The average Bonchev–Trinajstić information content (AvgIpc) is 2.20. The third-order valence-corrected chi connectivity index (χ3v) is 2.12. The summed E-state index contributed by atoms with van der Waals surface area (Å²) in [5.74, 6) is 0. The normalized spacial score (nSPS) is 15.8. The Balaban J connectivity index is 2.25. The molecule has 1 aliphatic heterocycles. The van der Waals surface area contributed by atoms with E-state index in [2.05, 4.69) is 35.3 Å². The van der Waals surface area contributed by atoms with Crippen molar-refractivity contribution in [3.8, 4) is 0 Å². The predicted molar refractivity (Wildman–Crippen MR) is 54.0 cm³/mol. The monoisotopic (exact) mass is 172 g/mol. The van der Waals surface area contributed by atoms with E-state index < -0.39 is 0 Å². The molecule has 0 N–H and O–H groups in total. The Kier molecular flexibility index (Phi) is 2.13. The number of likely N-dealkylation sites (N-methyl/N-ethyl adjacent to an activating group) is 1. The van der Waals surface area contributed by atoms with Gasteiger partial charge in [-0.3, -0.25) is 4.98 Å². The molecule has 2 heterocycles. The second kappa shape index (κ2) is 3.44. The molecule has 13 heavy (non-hydrogen) atoms. The highest BCUT2D eigenvalue weighted by atomic mass is 15.1. The van der Waals surface area contributed by atoms with E-state index in [9.17, 15) is 0 Å². The molecule has 0 amide bonds. The topological polar surface area (TPSA) is 16.1 Å². The maximum absolute atomic E-state index is 3.99. The van der Waals surface area contributed by atoms with Crippen molar-refractivity contribution in [3.63, 3.8) is 0 Å². The van der Waals surface area contributed by atoms with Crippen LogP contribution in [0.25, 0.3) is 5.57 Å². The molecule has 66 valence electrons. The Bertz CT molecular complexity index is 338. The van der Waals surface area contributed by atoms with Crippen LogP contribution in [0.2, 0.25) is 0 Å². The maximum Gasteiger partial charge on any atom is 0.0359 e. The summed E-state index contributed by atoms with van der Waals surface area (Å²) in [4.78, 5) is 6.14. The molecule has 2 rings (SSSR count). The van der Waals surface area contributed by atoms with E-state index in [1.54, 1.807) is 0 Å². The first-order valence-electron chi connectivity index (χ1n) is 4.35. The number of aromatic nitrogens is 1. The molecule has 0 radical (unpaired) electrons. The van der Waals surface area contributed by atoms with E-state index in [1.807, 2.05) is 24.5 Å². The SMILES string of the molecule is CN1C=CC(c2ccncc2)=CC1. The van der Waals surface area contributed by atoms with Crippen molar-refractivity contribution < 1.29 is 0 Å². The van der Waals surface area contributed by atoms with Crippen molar-refractivity contribution in [2.45, 2.75) is 0 Å². The molecular formula is C11H12N2. The van der Waals surface area contributed by atoms with Crippen LogP contribution in [0.5, 0.6) is 0 Å². The molecule has 1 aromatic heterocycles. The number of nitrogens with zero attached hydrogens (tertiary/aromatic N) is 2. The van der Waals surface area contributed by atoms with Crippen LogP contribution < -0.4 is 0 Å². The molecule has 0 atom stereocenters. The molecule has 1 aliphatic rings. The minimum Gasteiger partial charge on any atom is -0.377 e. The van der Waals surface area contributed by atoms with Gasteiger partial charge in [0, 0.05) is 26.0 Å². The number of allylic oxidation sites excluding steroid dienone is 2. The van der Waals surface area contributed by atoms with E-state index in [1.165, 1.54) is 11.1 Å². The fourth-order valence-electron chi connectivity index (χ4n) is 1.34. The lowest BCUT2D eigenvalue weighted by Crippen LogP contribution is -2.13. The molecular weight excluding hydrogens is 160 g/mol. The van der Waals surface area contributed by atoms with Crippen molar-refractivity contribution in [2.75, 3.05) is 13.6 Å². The number of hydrogen-bond acceptors (Lipinski definition) is 2. The van der Waals surface area contributed by atoms with Gasteiger partial charge in [0.2, 0.25) is 0 Å². The van der Waals surface area contributed by atoms with Crippen LogP contribution in [0.3, 0.4) is 0 Å². The first-order valence-corrected chi connectivity index (χ1v) is 4.35. The van der Waals surface area contributed by atoms with Crippen molar-refractivity contribution in [3.05, 3.63) is 48.4 Å². The van der Waals surface area contributed by atoms with Crippen LogP contribution in [0.1, 0.15) is 5.56 Å². The Hall–Kier alpha value is -1.57. The second-order valence-corrected chi connectivity index (χ2v) is 3.15. The van der Waals surface area contributed by atoms with E-state index in [4.69, 9.17) is 0 Å². The Labute approximate surface area is 78.2 Å². The summed E-state index contributed by atoms with van der Waals surface area (Å²) in [6.07, 6.45) is 10.1. The van der Waals surface area contributed by atoms with Crippen molar-refractivity contribution in [1.82, 2.24) is 9.88 Å². The van der Waals surface area contributed by atoms with Crippen molar-refractivity contribution in [1.29, 1.82) is 0 Å². The smallest absolute Gasteiger partial charge is 0.0359 e. The molecule has 0 unspecified atom stereocenters. The summed E-state index contributed by atoms with van der Waals surface area (Å²) in [5.41, 5.74) is 2.51. The molecule has 0 bridgehead atoms. The van der Waals surface area contributed by atoms with Crippen LogP contribution in [0.15, 0.2) is 42.9 Å². The summed E-state index contributed by atoms with van der Waals surface area (Å²) in [5, 5.41) is 0. The Morgan fingerprint density at radius 2 is 2.08 bits per heavy atom. The summed E-state index contributed by atoms with van der Waals surface area (Å²) in [7, 11) is 2.07. The molecule has 0 aliphatic carbocycles. The van der Waals surface area contributed by atoms with Crippen molar-refractivity contribution >= 4 is 5.57 Å². The van der Waals surface area contributed by atoms with Gasteiger partial charge in [0.15, 0.2) is 0 Å². The lowest BCUT2D eigenvalue weighted by atomic mass is 10.1. The van der Waals surface area contributed by atoms with Gasteiger partial charge in [-0.2, -0.15) is 0 Å². The number of pyridine rings is 1. The van der Waals surface area contributed by atoms with Gasteiger partial charge in [-0.1, -0.05) is 6.08 Å². The van der Waals surface area contributed by atoms with Crippen molar-refractivity contribution in [2.24, 2.45) is 0 Å². The zero-order valence-corrected chi connectivity index (χ0v) is 7.64. The number of rotatable bonds is 1.